The van der Waals surface area contributed by atoms with Crippen LogP contribution in [0.15, 0.2) is 48.5 Å². The molecule has 0 spiro atoms. The molecule has 1 amide bonds. The van der Waals surface area contributed by atoms with Crippen LogP contribution < -0.4 is 10.1 Å². The molecule has 1 N–H and O–H groups in total. The normalized spacial score (nSPS) is 18.8. The number of benzene rings is 2. The second-order valence-electron chi connectivity index (χ2n) is 8.08. The lowest BCUT2D eigenvalue weighted by Gasteiger charge is -2.47. The lowest BCUT2D eigenvalue weighted by molar-refractivity contribution is 0.0524. The summed E-state index contributed by atoms with van der Waals surface area (Å²) in [5.41, 5.74) is 1.95. The maximum absolute atomic E-state index is 13.4. The molecule has 0 bridgehead atoms. The van der Waals surface area contributed by atoms with E-state index in [0.717, 1.165) is 41.8 Å². The third-order valence-corrected chi connectivity index (χ3v) is 5.42. The largest absolute Gasteiger partial charge is 0.493 e. The highest BCUT2D eigenvalue weighted by molar-refractivity contribution is 6.02. The average molecular weight is 381 g/mol. The Morgan fingerprint density at radius 3 is 2.57 bits per heavy atom. The van der Waals surface area contributed by atoms with Gasteiger partial charge in [0.2, 0.25) is 0 Å². The van der Waals surface area contributed by atoms with Crippen molar-refractivity contribution in [2.45, 2.75) is 52.6 Å². The monoisotopic (exact) mass is 380 g/mol. The fraction of sp³-hybridized carbons (Fsp3) is 0.458. The van der Waals surface area contributed by atoms with Gasteiger partial charge in [0.1, 0.15) is 11.4 Å². The summed E-state index contributed by atoms with van der Waals surface area (Å²) >= 11 is 0. The minimum Gasteiger partial charge on any atom is -0.493 e. The van der Waals surface area contributed by atoms with Gasteiger partial charge < -0.3 is 15.0 Å². The van der Waals surface area contributed by atoms with Gasteiger partial charge in [0, 0.05) is 17.8 Å². The molecule has 0 aliphatic carbocycles. The van der Waals surface area contributed by atoms with Crippen molar-refractivity contribution >= 4 is 11.6 Å². The molecular formula is C24H32N2O2. The number of carbonyl (C=O) groups excluding carboxylic acids is 1. The Morgan fingerprint density at radius 1 is 1.11 bits per heavy atom. The smallest absolute Gasteiger partial charge is 0.258 e. The number of nitrogens with zero attached hydrogens (tertiary/aromatic N) is 1. The lowest BCUT2D eigenvalue weighted by atomic mass is 9.92. The van der Waals surface area contributed by atoms with E-state index in [1.165, 1.54) is 0 Å². The summed E-state index contributed by atoms with van der Waals surface area (Å²) in [4.78, 5) is 15.3. The Bertz CT molecular complexity index is 818. The van der Waals surface area contributed by atoms with Gasteiger partial charge in [-0.3, -0.25) is 4.79 Å². The highest BCUT2D eigenvalue weighted by Crippen LogP contribution is 2.41. The fourth-order valence-electron chi connectivity index (χ4n) is 3.71. The van der Waals surface area contributed by atoms with Crippen molar-refractivity contribution in [1.29, 1.82) is 0 Å². The van der Waals surface area contributed by atoms with E-state index in [0.29, 0.717) is 19.1 Å². The number of hydrogen-bond donors (Lipinski definition) is 1. The summed E-state index contributed by atoms with van der Waals surface area (Å²) < 4.78 is 6.16. The van der Waals surface area contributed by atoms with Gasteiger partial charge in [-0.15, -0.1) is 0 Å². The van der Waals surface area contributed by atoms with Crippen molar-refractivity contribution in [3.8, 4) is 5.75 Å². The number of carbonyl (C=O) groups is 1. The zero-order valence-corrected chi connectivity index (χ0v) is 17.5. The van der Waals surface area contributed by atoms with Crippen molar-refractivity contribution in [2.24, 2.45) is 5.92 Å². The van der Waals surface area contributed by atoms with Crippen LogP contribution in [0.4, 0.5) is 5.69 Å². The molecule has 1 aliphatic rings. The quantitative estimate of drug-likeness (QED) is 0.643. The predicted molar refractivity (Wildman–Crippen MR) is 115 cm³/mol. The Hall–Kier alpha value is -2.49. The van der Waals surface area contributed by atoms with Crippen LogP contribution in [0, 0.1) is 5.92 Å². The minimum atomic E-state index is -0.658. The Kier molecular flexibility index (Phi) is 6.28. The SMILES string of the molecule is CCCCN1C(=O)c2ccccc2NC1(C)c1ccccc1OCCC(C)C. The van der Waals surface area contributed by atoms with Crippen LogP contribution in [0.5, 0.6) is 5.75 Å². The first kappa shape index (κ1) is 20.2. The van der Waals surface area contributed by atoms with Gasteiger partial charge in [0.05, 0.1) is 12.2 Å². The highest BCUT2D eigenvalue weighted by Gasteiger charge is 2.43. The molecule has 0 fully saturated rings. The number of para-hydroxylation sites is 2. The van der Waals surface area contributed by atoms with E-state index in [-0.39, 0.29) is 5.91 Å². The lowest BCUT2D eigenvalue weighted by Crippen LogP contribution is -2.56. The number of anilines is 1. The van der Waals surface area contributed by atoms with Gasteiger partial charge in [-0.1, -0.05) is 57.5 Å². The maximum atomic E-state index is 13.4. The Balaban J connectivity index is 2.01. The molecule has 150 valence electrons. The van der Waals surface area contributed by atoms with Gasteiger partial charge in [-0.2, -0.15) is 0 Å². The van der Waals surface area contributed by atoms with Crippen molar-refractivity contribution in [3.63, 3.8) is 0 Å². The van der Waals surface area contributed by atoms with Crippen LogP contribution in [0.2, 0.25) is 0 Å². The predicted octanol–water partition coefficient (Wildman–Crippen LogP) is 5.65. The molecule has 3 rings (SSSR count). The summed E-state index contributed by atoms with van der Waals surface area (Å²) in [5, 5.41) is 3.64. The third kappa shape index (κ3) is 4.01. The molecule has 28 heavy (non-hydrogen) atoms. The molecular weight excluding hydrogens is 348 g/mol. The van der Waals surface area contributed by atoms with Gasteiger partial charge in [-0.25, -0.2) is 0 Å². The number of fused-ring (bicyclic) bond motifs is 1. The minimum absolute atomic E-state index is 0.0716. The van der Waals surface area contributed by atoms with E-state index >= 15 is 0 Å². The van der Waals surface area contributed by atoms with Crippen molar-refractivity contribution in [1.82, 2.24) is 4.90 Å². The summed E-state index contributed by atoms with van der Waals surface area (Å²) in [6.07, 6.45) is 3.00. The zero-order chi connectivity index (χ0) is 20.1. The summed E-state index contributed by atoms with van der Waals surface area (Å²) in [7, 11) is 0. The van der Waals surface area contributed by atoms with Crippen LogP contribution in [0.1, 0.15) is 62.9 Å². The van der Waals surface area contributed by atoms with Crippen molar-refractivity contribution in [2.75, 3.05) is 18.5 Å². The van der Waals surface area contributed by atoms with E-state index in [1.54, 1.807) is 0 Å². The summed E-state index contributed by atoms with van der Waals surface area (Å²) in [6, 6.07) is 15.8. The van der Waals surface area contributed by atoms with Crippen molar-refractivity contribution < 1.29 is 9.53 Å². The molecule has 1 heterocycles. The fourth-order valence-corrected chi connectivity index (χ4v) is 3.71. The summed E-state index contributed by atoms with van der Waals surface area (Å²) in [5.74, 6) is 1.50. The van der Waals surface area contributed by atoms with Crippen LogP contribution in [-0.2, 0) is 5.66 Å². The number of hydrogen-bond acceptors (Lipinski definition) is 3. The summed E-state index contributed by atoms with van der Waals surface area (Å²) in [6.45, 7) is 10.00. The number of nitrogens with one attached hydrogen (secondary N) is 1. The van der Waals surface area contributed by atoms with Crippen LogP contribution in [0.3, 0.4) is 0 Å². The van der Waals surface area contributed by atoms with E-state index in [9.17, 15) is 4.79 Å². The molecule has 0 saturated carbocycles. The molecule has 0 aromatic heterocycles. The molecule has 2 aromatic rings. The number of rotatable bonds is 8. The van der Waals surface area contributed by atoms with Crippen molar-refractivity contribution in [3.05, 3.63) is 59.7 Å². The zero-order valence-electron chi connectivity index (χ0n) is 17.5. The van der Waals surface area contributed by atoms with Gasteiger partial charge >= 0.3 is 0 Å². The van der Waals surface area contributed by atoms with Gasteiger partial charge in [-0.05, 0) is 43.9 Å². The average Bonchev–Trinajstić information content (AvgIpc) is 2.68. The number of amides is 1. The molecule has 0 saturated heterocycles. The first-order valence-electron chi connectivity index (χ1n) is 10.4. The first-order chi connectivity index (χ1) is 13.5. The van der Waals surface area contributed by atoms with Gasteiger partial charge in [0.15, 0.2) is 0 Å². The van der Waals surface area contributed by atoms with Crippen LogP contribution >= 0.6 is 0 Å². The van der Waals surface area contributed by atoms with Gasteiger partial charge in [0.25, 0.3) is 5.91 Å². The Morgan fingerprint density at radius 2 is 1.82 bits per heavy atom. The highest BCUT2D eigenvalue weighted by atomic mass is 16.5. The van der Waals surface area contributed by atoms with Crippen LogP contribution in [0.25, 0.3) is 0 Å². The van der Waals surface area contributed by atoms with E-state index < -0.39 is 5.66 Å². The molecule has 1 atom stereocenters. The standard InChI is InChI=1S/C24H32N2O2/c1-5-6-16-26-23(27)19-11-7-9-13-21(19)25-24(26,4)20-12-8-10-14-22(20)28-17-15-18(2)3/h7-14,18,25H,5-6,15-17H2,1-4H3. The first-order valence-corrected chi connectivity index (χ1v) is 10.4. The molecule has 1 aliphatic heterocycles. The third-order valence-electron chi connectivity index (χ3n) is 5.42. The maximum Gasteiger partial charge on any atom is 0.258 e. The topological polar surface area (TPSA) is 41.6 Å². The molecule has 0 radical (unpaired) electrons. The van der Waals surface area contributed by atoms with E-state index in [1.807, 2.05) is 47.4 Å². The Labute approximate surface area is 168 Å². The molecule has 4 nitrogen and oxygen atoms in total. The second kappa shape index (κ2) is 8.68. The number of ether oxygens (including phenoxy) is 1. The van der Waals surface area contributed by atoms with Crippen LogP contribution in [-0.4, -0.2) is 24.0 Å². The molecule has 2 aromatic carbocycles. The molecule has 4 heteroatoms. The number of unbranched alkanes of at least 4 members (excludes halogenated alkanes) is 1. The second-order valence-corrected chi connectivity index (χ2v) is 8.08. The molecule has 1 unspecified atom stereocenters. The van der Waals surface area contributed by atoms with E-state index in [4.69, 9.17) is 4.74 Å². The van der Waals surface area contributed by atoms with E-state index in [2.05, 4.69) is 39.1 Å².